The summed E-state index contributed by atoms with van der Waals surface area (Å²) in [5.41, 5.74) is -1.87. The van der Waals surface area contributed by atoms with E-state index in [2.05, 4.69) is 5.32 Å². The van der Waals surface area contributed by atoms with Gasteiger partial charge in [-0.3, -0.25) is 9.59 Å². The summed E-state index contributed by atoms with van der Waals surface area (Å²) in [4.78, 5) is 22.7. The summed E-state index contributed by atoms with van der Waals surface area (Å²) < 4.78 is 5.00. The molecule has 0 aliphatic carbocycles. The number of carbonyl (C=O) groups excluding carboxylic acids is 1. The Morgan fingerprint density at radius 1 is 1.31 bits per heavy atom. The molecule has 2 N–H and O–H groups in total. The van der Waals surface area contributed by atoms with Gasteiger partial charge in [-0.15, -0.1) is 0 Å². The number of hydrogen-bond acceptors (Lipinski definition) is 3. The molecule has 1 amide bonds. The van der Waals surface area contributed by atoms with Gasteiger partial charge < -0.3 is 15.2 Å². The second-order valence-electron chi connectivity index (χ2n) is 4.62. The van der Waals surface area contributed by atoms with Crippen molar-refractivity contribution in [2.75, 3.05) is 13.7 Å². The van der Waals surface area contributed by atoms with Crippen LogP contribution in [0.25, 0.3) is 0 Å². The van der Waals surface area contributed by atoms with E-state index in [9.17, 15) is 9.59 Å². The highest BCUT2D eigenvalue weighted by atomic mass is 16.5. The number of carbonyl (C=O) groups is 2. The molecule has 0 aromatic heterocycles. The van der Waals surface area contributed by atoms with Crippen LogP contribution in [0.15, 0.2) is 0 Å². The van der Waals surface area contributed by atoms with Gasteiger partial charge in [-0.05, 0) is 27.2 Å². The van der Waals surface area contributed by atoms with E-state index in [-0.39, 0.29) is 12.5 Å². The number of aliphatic carboxylic acids is 1. The summed E-state index contributed by atoms with van der Waals surface area (Å²) >= 11 is 0. The van der Waals surface area contributed by atoms with Crippen molar-refractivity contribution >= 4 is 11.9 Å². The lowest BCUT2D eigenvalue weighted by Crippen LogP contribution is -2.48. The predicted molar refractivity (Wildman–Crippen MR) is 60.1 cm³/mol. The van der Waals surface area contributed by atoms with Crippen LogP contribution in [0.5, 0.6) is 0 Å². The fourth-order valence-electron chi connectivity index (χ4n) is 0.933. The van der Waals surface area contributed by atoms with Crippen molar-refractivity contribution < 1.29 is 19.4 Å². The highest BCUT2D eigenvalue weighted by molar-refractivity contribution is 5.85. The van der Waals surface area contributed by atoms with Crippen LogP contribution < -0.4 is 5.32 Å². The van der Waals surface area contributed by atoms with E-state index in [4.69, 9.17) is 9.84 Å². The Hall–Kier alpha value is -1.10. The number of carboxylic acid groups (broad SMARTS) is 1. The smallest absolute Gasteiger partial charge is 0.311 e. The monoisotopic (exact) mass is 231 g/mol. The summed E-state index contributed by atoms with van der Waals surface area (Å²) in [5, 5.41) is 11.6. The number of methoxy groups -OCH3 is 1. The number of ether oxygens (including phenoxy) is 1. The average Bonchev–Trinajstić information content (AvgIpc) is 2.24. The highest BCUT2D eigenvalue weighted by Crippen LogP contribution is 2.20. The van der Waals surface area contributed by atoms with Crippen molar-refractivity contribution in [3.05, 3.63) is 0 Å². The van der Waals surface area contributed by atoms with Crippen molar-refractivity contribution in [2.24, 2.45) is 5.41 Å². The number of amides is 1. The topological polar surface area (TPSA) is 75.6 Å². The molecule has 0 aromatic carbocycles. The SMILES string of the molecule is CCC(C)(CNC(=O)C(C)(C)OC)C(=O)O. The number of hydrogen-bond donors (Lipinski definition) is 2. The molecule has 0 rings (SSSR count). The van der Waals surface area contributed by atoms with Gasteiger partial charge in [-0.1, -0.05) is 6.92 Å². The normalized spacial score (nSPS) is 15.3. The molecule has 0 bridgehead atoms. The van der Waals surface area contributed by atoms with E-state index in [0.717, 1.165) is 0 Å². The van der Waals surface area contributed by atoms with Crippen LogP contribution >= 0.6 is 0 Å². The fourth-order valence-corrected chi connectivity index (χ4v) is 0.933. The van der Waals surface area contributed by atoms with E-state index in [1.54, 1.807) is 27.7 Å². The minimum Gasteiger partial charge on any atom is -0.481 e. The van der Waals surface area contributed by atoms with Gasteiger partial charge in [0, 0.05) is 13.7 Å². The fraction of sp³-hybridized carbons (Fsp3) is 0.818. The van der Waals surface area contributed by atoms with Gasteiger partial charge in [0.25, 0.3) is 5.91 Å². The van der Waals surface area contributed by atoms with Crippen molar-refractivity contribution in [3.8, 4) is 0 Å². The third-order valence-electron chi connectivity index (χ3n) is 2.99. The number of carboxylic acids is 1. The van der Waals surface area contributed by atoms with Gasteiger partial charge in [-0.2, -0.15) is 0 Å². The molecule has 0 heterocycles. The van der Waals surface area contributed by atoms with Crippen LogP contribution in [0.4, 0.5) is 0 Å². The zero-order valence-corrected chi connectivity index (χ0v) is 10.6. The zero-order valence-electron chi connectivity index (χ0n) is 10.6. The van der Waals surface area contributed by atoms with E-state index in [0.29, 0.717) is 6.42 Å². The van der Waals surface area contributed by atoms with Crippen molar-refractivity contribution in [1.29, 1.82) is 0 Å². The van der Waals surface area contributed by atoms with Gasteiger partial charge in [0.1, 0.15) is 5.60 Å². The predicted octanol–water partition coefficient (Wildman–Crippen LogP) is 1.03. The molecule has 1 unspecified atom stereocenters. The minimum absolute atomic E-state index is 0.102. The van der Waals surface area contributed by atoms with Gasteiger partial charge in [0.15, 0.2) is 0 Å². The Balaban J connectivity index is 4.45. The first-order valence-electron chi connectivity index (χ1n) is 5.26. The number of rotatable bonds is 6. The van der Waals surface area contributed by atoms with Crippen LogP contribution in [0.3, 0.4) is 0 Å². The molecule has 0 aliphatic rings. The lowest BCUT2D eigenvalue weighted by Gasteiger charge is -2.27. The molecule has 0 saturated carbocycles. The Kier molecular flexibility index (Phi) is 4.93. The highest BCUT2D eigenvalue weighted by Gasteiger charge is 2.34. The molecule has 1 atom stereocenters. The minimum atomic E-state index is -0.937. The van der Waals surface area contributed by atoms with Gasteiger partial charge >= 0.3 is 5.97 Å². The van der Waals surface area contributed by atoms with Gasteiger partial charge in [0.2, 0.25) is 0 Å². The summed E-state index contributed by atoms with van der Waals surface area (Å²) in [6.45, 7) is 6.75. The lowest BCUT2D eigenvalue weighted by atomic mass is 9.87. The third-order valence-corrected chi connectivity index (χ3v) is 2.99. The van der Waals surface area contributed by atoms with Crippen molar-refractivity contribution in [3.63, 3.8) is 0 Å². The molecule has 94 valence electrons. The molecule has 0 saturated heterocycles. The molecule has 0 aromatic rings. The van der Waals surface area contributed by atoms with Crippen LogP contribution in [0.2, 0.25) is 0 Å². The molecular weight excluding hydrogens is 210 g/mol. The number of nitrogens with one attached hydrogen (secondary N) is 1. The third kappa shape index (κ3) is 3.48. The molecule has 0 spiro atoms. The maximum absolute atomic E-state index is 11.7. The molecule has 0 radical (unpaired) electrons. The van der Waals surface area contributed by atoms with E-state index >= 15 is 0 Å². The maximum Gasteiger partial charge on any atom is 0.311 e. The van der Waals surface area contributed by atoms with Crippen LogP contribution in [-0.4, -0.2) is 36.2 Å². The molecule has 0 aliphatic heterocycles. The van der Waals surface area contributed by atoms with Crippen LogP contribution in [0.1, 0.15) is 34.1 Å². The summed E-state index contributed by atoms with van der Waals surface area (Å²) in [6, 6.07) is 0. The first-order valence-corrected chi connectivity index (χ1v) is 5.26. The molecule has 16 heavy (non-hydrogen) atoms. The molecule has 5 heteroatoms. The molecule has 5 nitrogen and oxygen atoms in total. The maximum atomic E-state index is 11.7. The zero-order chi connectivity index (χ0) is 13.0. The average molecular weight is 231 g/mol. The molecule has 0 fully saturated rings. The Labute approximate surface area is 96.2 Å². The van der Waals surface area contributed by atoms with Crippen molar-refractivity contribution in [1.82, 2.24) is 5.32 Å². The summed E-state index contributed by atoms with van der Waals surface area (Å²) in [5.74, 6) is -1.22. The van der Waals surface area contributed by atoms with Crippen molar-refractivity contribution in [2.45, 2.75) is 39.7 Å². The molecular formula is C11H21NO4. The lowest BCUT2D eigenvalue weighted by molar-refractivity contribution is -0.149. The Morgan fingerprint density at radius 3 is 2.12 bits per heavy atom. The van der Waals surface area contributed by atoms with Gasteiger partial charge in [-0.25, -0.2) is 0 Å². The van der Waals surface area contributed by atoms with E-state index in [1.807, 2.05) is 0 Å². The van der Waals surface area contributed by atoms with E-state index < -0.39 is 17.0 Å². The first kappa shape index (κ1) is 14.9. The second kappa shape index (κ2) is 5.30. The summed E-state index contributed by atoms with van der Waals surface area (Å²) in [6.07, 6.45) is 0.454. The Morgan fingerprint density at radius 2 is 1.81 bits per heavy atom. The van der Waals surface area contributed by atoms with E-state index in [1.165, 1.54) is 7.11 Å². The van der Waals surface area contributed by atoms with Crippen LogP contribution in [0, 0.1) is 5.41 Å². The standard InChI is InChI=1S/C11H21NO4/c1-6-11(4,9(14)15)7-12-8(13)10(2,3)16-5/h6-7H2,1-5H3,(H,12,13)(H,14,15). The van der Waals surface area contributed by atoms with Crippen LogP contribution in [-0.2, 0) is 14.3 Å². The quantitative estimate of drug-likeness (QED) is 0.716. The summed E-state index contributed by atoms with van der Waals surface area (Å²) in [7, 11) is 1.44. The Bertz CT molecular complexity index is 275. The first-order chi connectivity index (χ1) is 7.19. The van der Waals surface area contributed by atoms with Gasteiger partial charge in [0.05, 0.1) is 5.41 Å². The largest absolute Gasteiger partial charge is 0.481 e. The second-order valence-corrected chi connectivity index (χ2v) is 4.62.